The molecule has 0 saturated heterocycles. The first-order valence-electron chi connectivity index (χ1n) is 10.5. The molecule has 0 fully saturated rings. The number of halogens is 2. The van der Waals surface area contributed by atoms with E-state index in [9.17, 15) is 0 Å². The van der Waals surface area contributed by atoms with Crippen molar-refractivity contribution in [3.8, 4) is 11.4 Å². The minimum Gasteiger partial charge on any atom is -0.489 e. The predicted molar refractivity (Wildman–Crippen MR) is 133 cm³/mol. The Hall–Kier alpha value is -2.58. The van der Waals surface area contributed by atoms with Crippen molar-refractivity contribution in [2.24, 2.45) is 0 Å². The summed E-state index contributed by atoms with van der Waals surface area (Å²) in [6, 6.07) is 23.4. The first-order valence-corrected chi connectivity index (χ1v) is 12.3. The van der Waals surface area contributed by atoms with Crippen LogP contribution in [0.15, 0.2) is 78.0 Å². The highest BCUT2D eigenvalue weighted by Gasteiger charge is 2.09. The van der Waals surface area contributed by atoms with Gasteiger partial charge >= 0.3 is 0 Å². The zero-order valence-corrected chi connectivity index (χ0v) is 20.2. The molecule has 1 N–H and O–H groups in total. The minimum atomic E-state index is 0.328. The highest BCUT2D eigenvalue weighted by molar-refractivity contribution is 7.99. The van der Waals surface area contributed by atoms with Gasteiger partial charge in [-0.2, -0.15) is 4.68 Å². The third-order valence-electron chi connectivity index (χ3n) is 4.84. The first kappa shape index (κ1) is 23.6. The first-order chi connectivity index (χ1) is 16.2. The van der Waals surface area contributed by atoms with E-state index in [1.165, 1.54) is 0 Å². The summed E-state index contributed by atoms with van der Waals surface area (Å²) in [5.41, 5.74) is 2.90. The SMILES string of the molecule is Clc1cccc(Cl)c1COc1cccc(CNCCCSc2nnnn2-c2ccccc2)c1. The summed E-state index contributed by atoms with van der Waals surface area (Å²) in [5, 5.41) is 17.5. The smallest absolute Gasteiger partial charge is 0.214 e. The molecule has 0 bridgehead atoms. The Morgan fingerprint density at radius 2 is 1.73 bits per heavy atom. The molecule has 0 amide bonds. The topological polar surface area (TPSA) is 64.9 Å². The van der Waals surface area contributed by atoms with Crippen molar-refractivity contribution in [1.29, 1.82) is 0 Å². The molecule has 1 heterocycles. The van der Waals surface area contributed by atoms with E-state index in [4.69, 9.17) is 27.9 Å². The van der Waals surface area contributed by atoms with Gasteiger partial charge in [-0.3, -0.25) is 0 Å². The Kier molecular flexibility index (Phi) is 8.60. The maximum atomic E-state index is 6.22. The molecule has 9 heteroatoms. The molecule has 1 aromatic heterocycles. The van der Waals surface area contributed by atoms with Gasteiger partial charge in [0.1, 0.15) is 12.4 Å². The van der Waals surface area contributed by atoms with Crippen LogP contribution < -0.4 is 10.1 Å². The Labute approximate surface area is 207 Å². The number of rotatable bonds is 11. The van der Waals surface area contributed by atoms with Crippen molar-refractivity contribution >= 4 is 35.0 Å². The average molecular weight is 500 g/mol. The van der Waals surface area contributed by atoms with Gasteiger partial charge < -0.3 is 10.1 Å². The van der Waals surface area contributed by atoms with E-state index >= 15 is 0 Å². The number of ether oxygens (including phenoxy) is 1. The molecule has 0 unspecified atom stereocenters. The molecule has 0 spiro atoms. The van der Waals surface area contributed by atoms with Gasteiger partial charge in [-0.15, -0.1) is 5.10 Å². The van der Waals surface area contributed by atoms with Crippen LogP contribution in [0.4, 0.5) is 0 Å². The van der Waals surface area contributed by atoms with Crippen LogP contribution in [-0.4, -0.2) is 32.5 Å². The lowest BCUT2D eigenvalue weighted by Crippen LogP contribution is -2.15. The Bertz CT molecular complexity index is 1150. The molecular weight excluding hydrogens is 477 g/mol. The fourth-order valence-electron chi connectivity index (χ4n) is 3.16. The molecule has 4 aromatic rings. The second kappa shape index (κ2) is 12.0. The third-order valence-corrected chi connectivity index (χ3v) is 6.56. The summed E-state index contributed by atoms with van der Waals surface area (Å²) in [5.74, 6) is 1.70. The molecule has 0 saturated carbocycles. The maximum Gasteiger partial charge on any atom is 0.214 e. The normalized spacial score (nSPS) is 11.0. The van der Waals surface area contributed by atoms with Gasteiger partial charge in [-0.25, -0.2) is 0 Å². The van der Waals surface area contributed by atoms with Crippen LogP contribution in [0.1, 0.15) is 17.5 Å². The number of hydrogen-bond donors (Lipinski definition) is 1. The van der Waals surface area contributed by atoms with E-state index in [1.54, 1.807) is 16.4 Å². The molecule has 0 radical (unpaired) electrons. The number of benzene rings is 3. The van der Waals surface area contributed by atoms with Crippen molar-refractivity contribution in [2.75, 3.05) is 12.3 Å². The second-order valence-electron chi connectivity index (χ2n) is 7.22. The van der Waals surface area contributed by atoms with Crippen LogP contribution in [0, 0.1) is 0 Å². The summed E-state index contributed by atoms with van der Waals surface area (Å²) in [4.78, 5) is 0. The fourth-order valence-corrected chi connectivity index (χ4v) is 4.50. The molecule has 170 valence electrons. The number of hydrogen-bond acceptors (Lipinski definition) is 6. The van der Waals surface area contributed by atoms with Gasteiger partial charge in [0.15, 0.2) is 0 Å². The summed E-state index contributed by atoms with van der Waals surface area (Å²) in [7, 11) is 0. The second-order valence-corrected chi connectivity index (χ2v) is 9.10. The van der Waals surface area contributed by atoms with E-state index in [0.29, 0.717) is 16.7 Å². The van der Waals surface area contributed by atoms with Crippen LogP contribution >= 0.6 is 35.0 Å². The average Bonchev–Trinajstić information content (AvgIpc) is 3.30. The monoisotopic (exact) mass is 499 g/mol. The van der Waals surface area contributed by atoms with E-state index in [0.717, 1.165) is 53.0 Å². The van der Waals surface area contributed by atoms with Gasteiger partial charge in [0.05, 0.1) is 5.69 Å². The molecule has 0 atom stereocenters. The summed E-state index contributed by atoms with van der Waals surface area (Å²) in [6.45, 7) is 1.98. The largest absolute Gasteiger partial charge is 0.489 e. The van der Waals surface area contributed by atoms with Gasteiger partial charge in [0, 0.05) is 27.9 Å². The number of para-hydroxylation sites is 1. The van der Waals surface area contributed by atoms with Crippen LogP contribution in [0.3, 0.4) is 0 Å². The zero-order chi connectivity index (χ0) is 22.9. The van der Waals surface area contributed by atoms with Gasteiger partial charge in [0.25, 0.3) is 0 Å². The fraction of sp³-hybridized carbons (Fsp3) is 0.208. The zero-order valence-electron chi connectivity index (χ0n) is 17.8. The highest BCUT2D eigenvalue weighted by Crippen LogP contribution is 2.26. The maximum absolute atomic E-state index is 6.22. The number of nitrogens with zero attached hydrogens (tertiary/aromatic N) is 4. The molecule has 0 aliphatic rings. The predicted octanol–water partition coefficient (Wildman–Crippen LogP) is 5.82. The quantitative estimate of drug-likeness (QED) is 0.207. The van der Waals surface area contributed by atoms with Crippen molar-refractivity contribution in [3.05, 3.63) is 94.0 Å². The number of aromatic nitrogens is 4. The lowest BCUT2D eigenvalue weighted by molar-refractivity contribution is 0.306. The van der Waals surface area contributed by atoms with Crippen LogP contribution in [0.5, 0.6) is 5.75 Å². The van der Waals surface area contributed by atoms with Crippen LogP contribution in [0.25, 0.3) is 5.69 Å². The standard InChI is InChI=1S/C24H23Cl2N5OS/c25-22-11-5-12-23(26)21(22)17-32-20-10-4-7-18(15-20)16-27-13-6-14-33-24-28-29-30-31(24)19-8-2-1-3-9-19/h1-5,7-12,15,27H,6,13-14,16-17H2. The molecule has 33 heavy (non-hydrogen) atoms. The van der Waals surface area contributed by atoms with Gasteiger partial charge in [-0.1, -0.05) is 71.4 Å². The van der Waals surface area contributed by atoms with Crippen LogP contribution in [0.2, 0.25) is 10.0 Å². The van der Waals surface area contributed by atoms with E-state index in [2.05, 4.69) is 26.9 Å². The summed E-state index contributed by atoms with van der Waals surface area (Å²) < 4.78 is 7.67. The number of tetrazole rings is 1. The summed E-state index contributed by atoms with van der Waals surface area (Å²) in [6.07, 6.45) is 0.994. The lowest BCUT2D eigenvalue weighted by Gasteiger charge is -2.11. The van der Waals surface area contributed by atoms with Gasteiger partial charge in [0.2, 0.25) is 5.16 Å². The van der Waals surface area contributed by atoms with E-state index < -0.39 is 0 Å². The van der Waals surface area contributed by atoms with Crippen molar-refractivity contribution in [1.82, 2.24) is 25.5 Å². The number of nitrogens with one attached hydrogen (secondary N) is 1. The molecule has 3 aromatic carbocycles. The van der Waals surface area contributed by atoms with Crippen molar-refractivity contribution in [2.45, 2.75) is 24.7 Å². The Morgan fingerprint density at radius 1 is 0.939 bits per heavy atom. The molecule has 4 rings (SSSR count). The molecule has 0 aliphatic heterocycles. The van der Waals surface area contributed by atoms with E-state index in [-0.39, 0.29) is 0 Å². The third kappa shape index (κ3) is 6.71. The molecule has 6 nitrogen and oxygen atoms in total. The molecular formula is C24H23Cl2N5OS. The van der Waals surface area contributed by atoms with Crippen LogP contribution in [-0.2, 0) is 13.2 Å². The summed E-state index contributed by atoms with van der Waals surface area (Å²) >= 11 is 14.1. The van der Waals surface area contributed by atoms with Gasteiger partial charge in [-0.05, 0) is 65.4 Å². The Balaban J connectivity index is 1.19. The molecule has 0 aliphatic carbocycles. The van der Waals surface area contributed by atoms with E-state index in [1.807, 2.05) is 66.7 Å². The Morgan fingerprint density at radius 3 is 2.55 bits per heavy atom. The highest BCUT2D eigenvalue weighted by atomic mass is 35.5. The van der Waals surface area contributed by atoms with Crippen molar-refractivity contribution < 1.29 is 4.74 Å². The lowest BCUT2D eigenvalue weighted by atomic mass is 10.2. The van der Waals surface area contributed by atoms with Crippen molar-refractivity contribution in [3.63, 3.8) is 0 Å². The minimum absolute atomic E-state index is 0.328. The number of thioether (sulfide) groups is 1.